The van der Waals surface area contributed by atoms with E-state index in [9.17, 15) is 0 Å². The summed E-state index contributed by atoms with van der Waals surface area (Å²) in [6, 6.07) is 11.0. The predicted octanol–water partition coefficient (Wildman–Crippen LogP) is 4.63. The van der Waals surface area contributed by atoms with Gasteiger partial charge in [0.05, 0.1) is 34.1 Å². The molecule has 0 aliphatic rings. The Bertz CT molecular complexity index is 852. The number of nitrogens with zero attached hydrogens (tertiary/aromatic N) is 1. The highest BCUT2D eigenvalue weighted by atomic mass is 35.5. The van der Waals surface area contributed by atoms with Crippen molar-refractivity contribution in [3.8, 4) is 28.6 Å². The number of halogens is 1. The molecule has 0 unspecified atom stereocenters. The molecule has 6 nitrogen and oxygen atoms in total. The third-order valence-electron chi connectivity index (χ3n) is 3.79. The van der Waals surface area contributed by atoms with E-state index in [1.165, 1.54) is 0 Å². The quantitative estimate of drug-likeness (QED) is 0.650. The van der Waals surface area contributed by atoms with Gasteiger partial charge in [0.1, 0.15) is 0 Å². The number of hydrogen-bond donors (Lipinski definition) is 1. The van der Waals surface area contributed by atoms with Crippen molar-refractivity contribution >= 4 is 17.3 Å². The van der Waals surface area contributed by atoms with Crippen molar-refractivity contribution in [3.63, 3.8) is 0 Å². The molecule has 0 aliphatic carbocycles. The van der Waals surface area contributed by atoms with Crippen molar-refractivity contribution in [1.29, 1.82) is 0 Å². The Balaban J connectivity index is 1.74. The number of methoxy groups -OCH3 is 3. The first kappa shape index (κ1) is 17.9. The molecular formula is C19H19ClN2O4. The molecule has 1 aromatic heterocycles. The number of benzene rings is 2. The van der Waals surface area contributed by atoms with Crippen LogP contribution in [0.3, 0.4) is 0 Å². The molecule has 0 amide bonds. The zero-order chi connectivity index (χ0) is 18.5. The van der Waals surface area contributed by atoms with Crippen LogP contribution in [0.4, 0.5) is 5.69 Å². The largest absolute Gasteiger partial charge is 0.493 e. The lowest BCUT2D eigenvalue weighted by molar-refractivity contribution is 0.324. The first-order chi connectivity index (χ1) is 12.6. The second-order valence-electron chi connectivity index (χ2n) is 5.39. The Morgan fingerprint density at radius 2 is 1.65 bits per heavy atom. The maximum atomic E-state index is 5.91. The van der Waals surface area contributed by atoms with E-state index in [2.05, 4.69) is 10.3 Å². The van der Waals surface area contributed by atoms with Crippen LogP contribution >= 0.6 is 11.6 Å². The predicted molar refractivity (Wildman–Crippen MR) is 100 cm³/mol. The summed E-state index contributed by atoms with van der Waals surface area (Å²) in [5.41, 5.74) is 1.71. The van der Waals surface area contributed by atoms with Gasteiger partial charge in [-0.15, -0.1) is 0 Å². The maximum absolute atomic E-state index is 5.91. The zero-order valence-electron chi connectivity index (χ0n) is 14.7. The molecule has 3 aromatic rings. The van der Waals surface area contributed by atoms with Gasteiger partial charge in [0.25, 0.3) is 0 Å². The summed E-state index contributed by atoms with van der Waals surface area (Å²) >= 11 is 5.91. The van der Waals surface area contributed by atoms with Crippen LogP contribution in [0.15, 0.2) is 47.0 Å². The highest BCUT2D eigenvalue weighted by molar-refractivity contribution is 6.30. The van der Waals surface area contributed by atoms with Crippen LogP contribution in [0, 0.1) is 0 Å². The molecule has 0 saturated heterocycles. The first-order valence-electron chi connectivity index (χ1n) is 7.89. The van der Waals surface area contributed by atoms with Crippen LogP contribution in [-0.2, 0) is 6.54 Å². The summed E-state index contributed by atoms with van der Waals surface area (Å²) in [6.45, 7) is 0.409. The number of nitrogens with one attached hydrogen (secondary N) is 1. The topological polar surface area (TPSA) is 65.8 Å². The Morgan fingerprint density at radius 1 is 1.00 bits per heavy atom. The van der Waals surface area contributed by atoms with Gasteiger partial charge in [-0.05, 0) is 24.3 Å². The molecule has 0 bridgehead atoms. The Labute approximate surface area is 156 Å². The Kier molecular flexibility index (Phi) is 5.53. The van der Waals surface area contributed by atoms with E-state index in [-0.39, 0.29) is 0 Å². The van der Waals surface area contributed by atoms with Gasteiger partial charge in [-0.2, -0.15) is 0 Å². The minimum absolute atomic E-state index is 0.409. The van der Waals surface area contributed by atoms with Crippen molar-refractivity contribution in [2.75, 3.05) is 26.6 Å². The van der Waals surface area contributed by atoms with Gasteiger partial charge in [-0.1, -0.05) is 11.6 Å². The summed E-state index contributed by atoms with van der Waals surface area (Å²) < 4.78 is 21.8. The van der Waals surface area contributed by atoms with E-state index in [0.29, 0.717) is 40.5 Å². The van der Waals surface area contributed by atoms with Gasteiger partial charge in [0.15, 0.2) is 17.3 Å². The van der Waals surface area contributed by atoms with Gasteiger partial charge in [0, 0.05) is 28.4 Å². The molecule has 136 valence electrons. The average molecular weight is 375 g/mol. The number of ether oxygens (including phenoxy) is 3. The van der Waals surface area contributed by atoms with Crippen LogP contribution in [-0.4, -0.2) is 26.3 Å². The van der Waals surface area contributed by atoms with Gasteiger partial charge >= 0.3 is 0 Å². The van der Waals surface area contributed by atoms with E-state index in [0.717, 1.165) is 11.3 Å². The second kappa shape index (κ2) is 8.01. The number of anilines is 1. The fourth-order valence-electron chi connectivity index (χ4n) is 2.50. The maximum Gasteiger partial charge on any atom is 0.214 e. The van der Waals surface area contributed by atoms with Crippen LogP contribution in [0.25, 0.3) is 11.3 Å². The third-order valence-corrected chi connectivity index (χ3v) is 4.04. The second-order valence-corrected chi connectivity index (χ2v) is 5.83. The molecule has 2 aromatic carbocycles. The summed E-state index contributed by atoms with van der Waals surface area (Å²) in [6.07, 6.45) is 1.69. The summed E-state index contributed by atoms with van der Waals surface area (Å²) in [5.74, 6) is 2.93. The number of rotatable bonds is 7. The highest BCUT2D eigenvalue weighted by Gasteiger charge is 2.13. The van der Waals surface area contributed by atoms with Crippen molar-refractivity contribution in [2.45, 2.75) is 6.54 Å². The first-order valence-corrected chi connectivity index (χ1v) is 8.27. The summed E-state index contributed by atoms with van der Waals surface area (Å²) in [5, 5.41) is 3.92. The summed E-state index contributed by atoms with van der Waals surface area (Å²) in [4.78, 5) is 4.30. The van der Waals surface area contributed by atoms with Crippen molar-refractivity contribution in [2.24, 2.45) is 0 Å². The lowest BCUT2D eigenvalue weighted by Crippen LogP contribution is -2.02. The zero-order valence-corrected chi connectivity index (χ0v) is 15.5. The van der Waals surface area contributed by atoms with Gasteiger partial charge in [-0.3, -0.25) is 0 Å². The van der Waals surface area contributed by atoms with E-state index in [4.69, 9.17) is 30.2 Å². The molecule has 1 N–H and O–H groups in total. The molecule has 3 rings (SSSR count). The number of aromatic nitrogens is 1. The molecule has 0 fully saturated rings. The molecule has 0 spiro atoms. The van der Waals surface area contributed by atoms with E-state index < -0.39 is 0 Å². The fraction of sp³-hybridized carbons (Fsp3) is 0.211. The van der Waals surface area contributed by atoms with Gasteiger partial charge in [0.2, 0.25) is 11.6 Å². The van der Waals surface area contributed by atoms with Gasteiger partial charge < -0.3 is 23.9 Å². The molecule has 1 heterocycles. The highest BCUT2D eigenvalue weighted by Crippen LogP contribution is 2.40. The Morgan fingerprint density at radius 3 is 2.23 bits per heavy atom. The minimum atomic E-state index is 0.409. The standard InChI is InChI=1S/C19H19ClN2O4/c1-23-15-8-14(9-16(24-2)19(15)25-3)21-11-18-22-10-17(26-18)12-4-6-13(20)7-5-12/h4-10,21H,11H2,1-3H3. The minimum Gasteiger partial charge on any atom is -0.493 e. The number of hydrogen-bond acceptors (Lipinski definition) is 6. The lowest BCUT2D eigenvalue weighted by atomic mass is 10.2. The van der Waals surface area contributed by atoms with Crippen LogP contribution in [0.2, 0.25) is 5.02 Å². The van der Waals surface area contributed by atoms with E-state index in [1.807, 2.05) is 36.4 Å². The molecular weight excluding hydrogens is 356 g/mol. The lowest BCUT2D eigenvalue weighted by Gasteiger charge is -2.14. The molecule has 0 radical (unpaired) electrons. The van der Waals surface area contributed by atoms with Crippen LogP contribution in [0.1, 0.15) is 5.89 Å². The smallest absolute Gasteiger partial charge is 0.214 e. The average Bonchev–Trinajstić information content (AvgIpc) is 3.15. The van der Waals surface area contributed by atoms with E-state index in [1.54, 1.807) is 27.5 Å². The van der Waals surface area contributed by atoms with E-state index >= 15 is 0 Å². The molecule has 26 heavy (non-hydrogen) atoms. The van der Waals surface area contributed by atoms with Crippen LogP contribution in [0.5, 0.6) is 17.2 Å². The SMILES string of the molecule is COc1cc(NCc2ncc(-c3ccc(Cl)cc3)o2)cc(OC)c1OC. The number of oxazole rings is 1. The Hall–Kier alpha value is -2.86. The fourth-order valence-corrected chi connectivity index (χ4v) is 2.63. The molecule has 0 atom stereocenters. The van der Waals surface area contributed by atoms with Crippen molar-refractivity contribution < 1.29 is 18.6 Å². The monoisotopic (exact) mass is 374 g/mol. The summed E-state index contributed by atoms with van der Waals surface area (Å²) in [7, 11) is 4.72. The van der Waals surface area contributed by atoms with Gasteiger partial charge in [-0.25, -0.2) is 4.98 Å². The third kappa shape index (κ3) is 3.86. The van der Waals surface area contributed by atoms with Crippen LogP contribution < -0.4 is 19.5 Å². The van der Waals surface area contributed by atoms with Crippen molar-refractivity contribution in [3.05, 3.63) is 53.5 Å². The molecule has 7 heteroatoms. The molecule has 0 saturated carbocycles. The normalized spacial score (nSPS) is 10.5. The molecule has 0 aliphatic heterocycles. The van der Waals surface area contributed by atoms with Crippen molar-refractivity contribution in [1.82, 2.24) is 4.98 Å².